The SMILES string of the molecule is CC(C)Cn1c(C(C)S(C)(=O)=O)nc2cc(CN)ccc21. The lowest BCUT2D eigenvalue weighted by Crippen LogP contribution is -2.16. The van der Waals surface area contributed by atoms with Gasteiger partial charge in [-0.25, -0.2) is 13.4 Å². The predicted molar refractivity (Wildman–Crippen MR) is 85.7 cm³/mol. The molecule has 0 fully saturated rings. The lowest BCUT2D eigenvalue weighted by atomic mass is 10.2. The standard InChI is InChI=1S/C15H23N3O2S/c1-10(2)9-18-14-6-5-12(8-16)7-13(14)17-15(18)11(3)21(4,19)20/h5-7,10-11H,8-9,16H2,1-4H3. The van der Waals surface area contributed by atoms with Crippen LogP contribution in [0.25, 0.3) is 11.0 Å². The maximum Gasteiger partial charge on any atom is 0.157 e. The number of imidazole rings is 1. The Morgan fingerprint density at radius 1 is 1.29 bits per heavy atom. The van der Waals surface area contributed by atoms with Crippen molar-refractivity contribution in [1.29, 1.82) is 0 Å². The molecule has 0 aliphatic carbocycles. The maximum atomic E-state index is 11.9. The van der Waals surface area contributed by atoms with Crippen LogP contribution in [0.3, 0.4) is 0 Å². The highest BCUT2D eigenvalue weighted by Gasteiger charge is 2.24. The average Bonchev–Trinajstić information content (AvgIpc) is 2.73. The first kappa shape index (κ1) is 16.0. The Hall–Kier alpha value is -1.40. The fourth-order valence-corrected chi connectivity index (χ4v) is 2.94. The third-order valence-electron chi connectivity index (χ3n) is 3.63. The molecule has 2 rings (SSSR count). The monoisotopic (exact) mass is 309 g/mol. The lowest BCUT2D eigenvalue weighted by molar-refractivity contribution is 0.512. The van der Waals surface area contributed by atoms with Crippen LogP contribution < -0.4 is 5.73 Å². The van der Waals surface area contributed by atoms with Crippen molar-refractivity contribution in [3.05, 3.63) is 29.6 Å². The van der Waals surface area contributed by atoms with Gasteiger partial charge in [0.25, 0.3) is 0 Å². The summed E-state index contributed by atoms with van der Waals surface area (Å²) in [6.07, 6.45) is 1.25. The summed E-state index contributed by atoms with van der Waals surface area (Å²) in [5.74, 6) is 1.01. The Morgan fingerprint density at radius 2 is 1.95 bits per heavy atom. The lowest BCUT2D eigenvalue weighted by Gasteiger charge is -2.15. The Labute approximate surface area is 126 Å². The second-order valence-electron chi connectivity index (χ2n) is 5.97. The van der Waals surface area contributed by atoms with E-state index >= 15 is 0 Å². The van der Waals surface area contributed by atoms with Crippen LogP contribution in [0.1, 0.15) is 37.4 Å². The van der Waals surface area contributed by atoms with Crippen molar-refractivity contribution in [2.24, 2.45) is 11.7 Å². The molecule has 0 amide bonds. The summed E-state index contributed by atoms with van der Waals surface area (Å²) in [6, 6.07) is 5.88. The molecule has 0 aliphatic heterocycles. The van der Waals surface area contributed by atoms with Gasteiger partial charge in [-0.3, -0.25) is 0 Å². The first-order valence-corrected chi connectivity index (χ1v) is 9.07. The van der Waals surface area contributed by atoms with Crippen LogP contribution in [0.15, 0.2) is 18.2 Å². The van der Waals surface area contributed by atoms with E-state index in [4.69, 9.17) is 5.73 Å². The Balaban J connectivity index is 2.67. The van der Waals surface area contributed by atoms with Gasteiger partial charge in [-0.1, -0.05) is 19.9 Å². The van der Waals surface area contributed by atoms with Crippen molar-refractivity contribution in [3.63, 3.8) is 0 Å². The first-order chi connectivity index (χ1) is 9.74. The Morgan fingerprint density at radius 3 is 2.48 bits per heavy atom. The Bertz CT molecular complexity index is 748. The van der Waals surface area contributed by atoms with Crippen LogP contribution in [-0.2, 0) is 22.9 Å². The highest BCUT2D eigenvalue weighted by atomic mass is 32.2. The molecule has 0 saturated carbocycles. The van der Waals surface area contributed by atoms with E-state index in [-0.39, 0.29) is 0 Å². The molecule has 5 nitrogen and oxygen atoms in total. The third kappa shape index (κ3) is 3.27. The minimum absolute atomic E-state index is 0.405. The van der Waals surface area contributed by atoms with E-state index in [0.29, 0.717) is 18.3 Å². The highest BCUT2D eigenvalue weighted by Crippen LogP contribution is 2.27. The van der Waals surface area contributed by atoms with Crippen LogP contribution >= 0.6 is 0 Å². The summed E-state index contributed by atoms with van der Waals surface area (Å²) in [7, 11) is -3.19. The van der Waals surface area contributed by atoms with Gasteiger partial charge in [0.2, 0.25) is 0 Å². The molecule has 0 radical (unpaired) electrons. The molecule has 6 heteroatoms. The minimum Gasteiger partial charge on any atom is -0.327 e. The maximum absolute atomic E-state index is 11.9. The number of hydrogen-bond acceptors (Lipinski definition) is 4. The van der Waals surface area contributed by atoms with E-state index in [9.17, 15) is 8.42 Å². The largest absolute Gasteiger partial charge is 0.327 e. The smallest absolute Gasteiger partial charge is 0.157 e. The van der Waals surface area contributed by atoms with Crippen molar-refractivity contribution in [3.8, 4) is 0 Å². The zero-order valence-corrected chi connectivity index (χ0v) is 13.8. The number of nitrogens with zero attached hydrogens (tertiary/aromatic N) is 2. The molecule has 0 saturated heterocycles. The Kier molecular flexibility index (Phi) is 4.39. The zero-order valence-electron chi connectivity index (χ0n) is 13.0. The number of benzene rings is 1. The minimum atomic E-state index is -3.19. The number of aromatic nitrogens is 2. The molecule has 21 heavy (non-hydrogen) atoms. The van der Waals surface area contributed by atoms with Crippen molar-refractivity contribution < 1.29 is 8.42 Å². The number of hydrogen-bond donors (Lipinski definition) is 1. The molecule has 116 valence electrons. The third-order valence-corrected chi connectivity index (χ3v) is 5.13. The fraction of sp³-hybridized carbons (Fsp3) is 0.533. The van der Waals surface area contributed by atoms with E-state index in [1.165, 1.54) is 6.26 Å². The molecule has 1 heterocycles. The first-order valence-electron chi connectivity index (χ1n) is 7.12. The second-order valence-corrected chi connectivity index (χ2v) is 8.34. The van der Waals surface area contributed by atoms with Gasteiger partial charge in [0.1, 0.15) is 11.1 Å². The summed E-state index contributed by atoms with van der Waals surface area (Å²) < 4.78 is 25.8. The number of fused-ring (bicyclic) bond motifs is 1. The molecular weight excluding hydrogens is 286 g/mol. The normalized spacial score (nSPS) is 14.0. The average molecular weight is 309 g/mol. The van der Waals surface area contributed by atoms with Crippen LogP contribution in [0, 0.1) is 5.92 Å². The van der Waals surface area contributed by atoms with E-state index in [2.05, 4.69) is 18.8 Å². The van der Waals surface area contributed by atoms with E-state index < -0.39 is 15.1 Å². The van der Waals surface area contributed by atoms with Gasteiger partial charge in [0, 0.05) is 19.3 Å². The van der Waals surface area contributed by atoms with Crippen LogP contribution in [0.4, 0.5) is 0 Å². The van der Waals surface area contributed by atoms with Gasteiger partial charge in [-0.15, -0.1) is 0 Å². The summed E-state index contributed by atoms with van der Waals surface area (Å²) in [5, 5.41) is -0.620. The molecule has 1 unspecified atom stereocenters. The quantitative estimate of drug-likeness (QED) is 0.919. The topological polar surface area (TPSA) is 78.0 Å². The van der Waals surface area contributed by atoms with Crippen LogP contribution in [0.5, 0.6) is 0 Å². The molecule has 2 N–H and O–H groups in total. The molecule has 2 aromatic rings. The van der Waals surface area contributed by atoms with E-state index in [1.807, 2.05) is 22.8 Å². The van der Waals surface area contributed by atoms with E-state index in [0.717, 1.165) is 23.1 Å². The summed E-state index contributed by atoms with van der Waals surface area (Å²) >= 11 is 0. The van der Waals surface area contributed by atoms with Gasteiger partial charge in [0.15, 0.2) is 9.84 Å². The zero-order chi connectivity index (χ0) is 15.8. The molecule has 1 aromatic carbocycles. The predicted octanol–water partition coefficient (Wildman–Crippen LogP) is 2.26. The molecule has 0 aliphatic rings. The second kappa shape index (κ2) is 5.77. The molecule has 1 aromatic heterocycles. The van der Waals surface area contributed by atoms with Gasteiger partial charge >= 0.3 is 0 Å². The van der Waals surface area contributed by atoms with E-state index in [1.54, 1.807) is 6.92 Å². The molecular formula is C15H23N3O2S. The van der Waals surface area contributed by atoms with Crippen molar-refractivity contribution in [2.75, 3.05) is 6.26 Å². The van der Waals surface area contributed by atoms with Gasteiger partial charge < -0.3 is 10.3 Å². The number of nitrogens with two attached hydrogens (primary N) is 1. The van der Waals surface area contributed by atoms with Gasteiger partial charge in [-0.05, 0) is 30.5 Å². The highest BCUT2D eigenvalue weighted by molar-refractivity contribution is 7.90. The summed E-state index contributed by atoms with van der Waals surface area (Å²) in [6.45, 7) is 7.10. The van der Waals surface area contributed by atoms with Crippen molar-refractivity contribution in [2.45, 2.75) is 39.1 Å². The van der Waals surface area contributed by atoms with Gasteiger partial charge in [0.05, 0.1) is 11.0 Å². The van der Waals surface area contributed by atoms with Crippen LogP contribution in [-0.4, -0.2) is 24.2 Å². The fourth-order valence-electron chi connectivity index (χ4n) is 2.38. The summed E-state index contributed by atoms with van der Waals surface area (Å²) in [4.78, 5) is 4.57. The molecule has 0 bridgehead atoms. The number of sulfone groups is 1. The molecule has 0 spiro atoms. The number of rotatable bonds is 5. The van der Waals surface area contributed by atoms with Crippen LogP contribution in [0.2, 0.25) is 0 Å². The van der Waals surface area contributed by atoms with Crippen molar-refractivity contribution >= 4 is 20.9 Å². The summed E-state index contributed by atoms with van der Waals surface area (Å²) in [5.41, 5.74) is 8.43. The van der Waals surface area contributed by atoms with Crippen molar-refractivity contribution in [1.82, 2.24) is 9.55 Å². The molecule has 1 atom stereocenters. The van der Waals surface area contributed by atoms with Gasteiger partial charge in [-0.2, -0.15) is 0 Å².